The Labute approximate surface area is 122 Å². The Morgan fingerprint density at radius 1 is 1.30 bits per heavy atom. The van der Waals surface area contributed by atoms with Crippen LogP contribution in [-0.2, 0) is 4.79 Å². The minimum absolute atomic E-state index is 0.0275. The van der Waals surface area contributed by atoms with Crippen molar-refractivity contribution in [3.05, 3.63) is 29.0 Å². The first-order chi connectivity index (χ1) is 9.65. The van der Waals surface area contributed by atoms with E-state index in [2.05, 4.69) is 10.3 Å². The van der Waals surface area contributed by atoms with Gasteiger partial charge in [-0.25, -0.2) is 4.98 Å². The van der Waals surface area contributed by atoms with E-state index in [1.807, 2.05) is 0 Å². The van der Waals surface area contributed by atoms with Crippen LogP contribution in [-0.4, -0.2) is 40.3 Å². The third-order valence-corrected chi connectivity index (χ3v) is 3.94. The van der Waals surface area contributed by atoms with E-state index in [1.165, 1.54) is 6.20 Å². The van der Waals surface area contributed by atoms with E-state index in [0.717, 1.165) is 25.7 Å². The van der Waals surface area contributed by atoms with Gasteiger partial charge in [0.15, 0.2) is 0 Å². The molecule has 106 valence electrons. The molecular weight excluding hydrogens is 278 g/mol. The molecular formula is C14H16ClN3O2. The number of aromatic nitrogens is 1. The van der Waals surface area contributed by atoms with E-state index in [-0.39, 0.29) is 17.9 Å². The van der Waals surface area contributed by atoms with E-state index < -0.39 is 0 Å². The van der Waals surface area contributed by atoms with Gasteiger partial charge >= 0.3 is 0 Å². The van der Waals surface area contributed by atoms with Crippen molar-refractivity contribution < 1.29 is 9.59 Å². The molecule has 1 aromatic rings. The summed E-state index contributed by atoms with van der Waals surface area (Å²) < 4.78 is 0. The molecule has 1 aliphatic carbocycles. The molecule has 6 heteroatoms. The maximum atomic E-state index is 12.4. The van der Waals surface area contributed by atoms with Crippen molar-refractivity contribution in [2.24, 2.45) is 0 Å². The third-order valence-electron chi connectivity index (χ3n) is 3.71. The highest BCUT2D eigenvalue weighted by atomic mass is 35.5. The zero-order valence-electron chi connectivity index (χ0n) is 11.0. The molecule has 1 atom stereocenters. The van der Waals surface area contributed by atoms with Crippen molar-refractivity contribution in [3.63, 3.8) is 0 Å². The molecule has 3 rings (SSSR count). The standard InChI is InChI=1S/C14H16ClN3O2/c15-12-6-3-9(8-16-12)14(20)18-7-1-2-11(18)13(19)17-10-4-5-10/h3,6,8,10-11H,1-2,4-5,7H2,(H,17,19). The van der Waals surface area contributed by atoms with Gasteiger partial charge in [0.25, 0.3) is 5.91 Å². The van der Waals surface area contributed by atoms with Crippen molar-refractivity contribution in [2.75, 3.05) is 6.54 Å². The lowest BCUT2D eigenvalue weighted by Gasteiger charge is -2.23. The number of rotatable bonds is 3. The van der Waals surface area contributed by atoms with Gasteiger partial charge < -0.3 is 10.2 Å². The second-order valence-corrected chi connectivity index (χ2v) is 5.70. The Balaban J connectivity index is 1.72. The van der Waals surface area contributed by atoms with E-state index in [0.29, 0.717) is 23.3 Å². The van der Waals surface area contributed by atoms with Gasteiger partial charge in [-0.15, -0.1) is 0 Å². The molecule has 5 nitrogen and oxygen atoms in total. The number of likely N-dealkylation sites (tertiary alicyclic amines) is 1. The van der Waals surface area contributed by atoms with Gasteiger partial charge in [-0.3, -0.25) is 9.59 Å². The molecule has 1 saturated carbocycles. The monoisotopic (exact) mass is 293 g/mol. The Morgan fingerprint density at radius 3 is 2.75 bits per heavy atom. The van der Waals surface area contributed by atoms with Crippen LogP contribution in [0.4, 0.5) is 0 Å². The van der Waals surface area contributed by atoms with Crippen LogP contribution in [0.25, 0.3) is 0 Å². The van der Waals surface area contributed by atoms with Crippen molar-refractivity contribution in [1.82, 2.24) is 15.2 Å². The molecule has 1 N–H and O–H groups in total. The number of carbonyl (C=O) groups excluding carboxylic acids is 2. The summed E-state index contributed by atoms with van der Waals surface area (Å²) in [5.74, 6) is -0.178. The van der Waals surface area contributed by atoms with Crippen LogP contribution in [0, 0.1) is 0 Å². The molecule has 0 spiro atoms. The molecule has 1 aromatic heterocycles. The van der Waals surface area contributed by atoms with Gasteiger partial charge in [0.2, 0.25) is 5.91 Å². The molecule has 1 aliphatic heterocycles. The maximum Gasteiger partial charge on any atom is 0.256 e. The molecule has 2 fully saturated rings. The molecule has 1 unspecified atom stereocenters. The van der Waals surface area contributed by atoms with Crippen molar-refractivity contribution in [1.29, 1.82) is 0 Å². The van der Waals surface area contributed by atoms with Crippen LogP contribution in [0.1, 0.15) is 36.0 Å². The summed E-state index contributed by atoms with van der Waals surface area (Å²) in [4.78, 5) is 30.2. The van der Waals surface area contributed by atoms with Gasteiger partial charge in [-0.1, -0.05) is 11.6 Å². The second kappa shape index (κ2) is 5.40. The van der Waals surface area contributed by atoms with Crippen molar-refractivity contribution in [3.8, 4) is 0 Å². The van der Waals surface area contributed by atoms with Gasteiger partial charge in [0, 0.05) is 18.8 Å². The van der Waals surface area contributed by atoms with Crippen LogP contribution in [0.15, 0.2) is 18.3 Å². The van der Waals surface area contributed by atoms with E-state index in [4.69, 9.17) is 11.6 Å². The first kappa shape index (κ1) is 13.4. The fraction of sp³-hybridized carbons (Fsp3) is 0.500. The van der Waals surface area contributed by atoms with Crippen molar-refractivity contribution >= 4 is 23.4 Å². The molecule has 0 bridgehead atoms. The number of halogens is 1. The average Bonchev–Trinajstić information content (AvgIpc) is 3.11. The summed E-state index contributed by atoms with van der Waals surface area (Å²) >= 11 is 5.72. The fourth-order valence-electron chi connectivity index (χ4n) is 2.48. The van der Waals surface area contributed by atoms with Gasteiger partial charge in [0.1, 0.15) is 11.2 Å². The van der Waals surface area contributed by atoms with Crippen LogP contribution in [0.2, 0.25) is 5.15 Å². The molecule has 2 heterocycles. The smallest absolute Gasteiger partial charge is 0.256 e. The summed E-state index contributed by atoms with van der Waals surface area (Å²) in [5, 5.41) is 3.32. The molecule has 2 amide bonds. The Morgan fingerprint density at radius 2 is 2.10 bits per heavy atom. The second-order valence-electron chi connectivity index (χ2n) is 5.31. The Bertz CT molecular complexity index is 528. The van der Waals surface area contributed by atoms with Crippen molar-refractivity contribution in [2.45, 2.75) is 37.8 Å². The van der Waals surface area contributed by atoms with Gasteiger partial charge in [-0.05, 0) is 37.8 Å². The number of hydrogen-bond acceptors (Lipinski definition) is 3. The number of amides is 2. The zero-order chi connectivity index (χ0) is 14.1. The van der Waals surface area contributed by atoms with E-state index in [9.17, 15) is 9.59 Å². The highest BCUT2D eigenvalue weighted by molar-refractivity contribution is 6.29. The Kier molecular flexibility index (Phi) is 3.61. The molecule has 0 radical (unpaired) electrons. The molecule has 0 aromatic carbocycles. The highest BCUT2D eigenvalue weighted by Gasteiger charge is 2.36. The summed E-state index contributed by atoms with van der Waals surface area (Å²) in [6, 6.07) is 3.20. The summed E-state index contributed by atoms with van der Waals surface area (Å²) in [6.45, 7) is 0.615. The van der Waals surface area contributed by atoms with Gasteiger partial charge in [0.05, 0.1) is 5.56 Å². The van der Waals surface area contributed by atoms with Crippen LogP contribution in [0.5, 0.6) is 0 Å². The first-order valence-electron chi connectivity index (χ1n) is 6.88. The Hall–Kier alpha value is -1.62. The first-order valence-corrected chi connectivity index (χ1v) is 7.26. The maximum absolute atomic E-state index is 12.4. The SMILES string of the molecule is O=C(NC1CC1)C1CCCN1C(=O)c1ccc(Cl)nc1. The lowest BCUT2D eigenvalue weighted by molar-refractivity contribution is -0.125. The lowest BCUT2D eigenvalue weighted by atomic mass is 10.2. The highest BCUT2D eigenvalue weighted by Crippen LogP contribution is 2.23. The number of hydrogen-bond donors (Lipinski definition) is 1. The predicted molar refractivity (Wildman–Crippen MR) is 74.5 cm³/mol. The van der Waals surface area contributed by atoms with Crippen LogP contribution >= 0.6 is 11.6 Å². The number of nitrogens with one attached hydrogen (secondary N) is 1. The summed E-state index contributed by atoms with van der Waals surface area (Å²) in [7, 11) is 0. The average molecular weight is 294 g/mol. The number of carbonyl (C=O) groups is 2. The minimum Gasteiger partial charge on any atom is -0.352 e. The zero-order valence-corrected chi connectivity index (χ0v) is 11.8. The van der Waals surface area contributed by atoms with Gasteiger partial charge in [-0.2, -0.15) is 0 Å². The summed E-state index contributed by atoms with van der Waals surface area (Å²) in [6.07, 6.45) is 5.14. The topological polar surface area (TPSA) is 62.3 Å². The van der Waals surface area contributed by atoms with E-state index >= 15 is 0 Å². The number of pyridine rings is 1. The fourth-order valence-corrected chi connectivity index (χ4v) is 2.59. The normalized spacial score (nSPS) is 21.9. The van der Waals surface area contributed by atoms with E-state index in [1.54, 1.807) is 17.0 Å². The molecule has 20 heavy (non-hydrogen) atoms. The molecule has 2 aliphatic rings. The van der Waals surface area contributed by atoms with Crippen LogP contribution in [0.3, 0.4) is 0 Å². The number of nitrogens with zero attached hydrogens (tertiary/aromatic N) is 2. The molecule has 1 saturated heterocycles. The quantitative estimate of drug-likeness (QED) is 0.862. The lowest BCUT2D eigenvalue weighted by Crippen LogP contribution is -2.46. The largest absolute Gasteiger partial charge is 0.352 e. The minimum atomic E-state index is -0.348. The third kappa shape index (κ3) is 2.77. The summed E-state index contributed by atoms with van der Waals surface area (Å²) in [5.41, 5.74) is 0.473. The predicted octanol–water partition coefficient (Wildman–Crippen LogP) is 1.62. The van der Waals surface area contributed by atoms with Crippen LogP contribution < -0.4 is 5.32 Å².